The zero-order chi connectivity index (χ0) is 15.5. The lowest BCUT2D eigenvalue weighted by Gasteiger charge is -2.05. The lowest BCUT2D eigenvalue weighted by molar-refractivity contribution is -0.115. The Labute approximate surface area is 125 Å². The van der Waals surface area contributed by atoms with E-state index >= 15 is 0 Å². The third kappa shape index (κ3) is 2.88. The van der Waals surface area contributed by atoms with Crippen molar-refractivity contribution in [3.05, 3.63) is 64.1 Å². The van der Waals surface area contributed by atoms with Crippen LogP contribution in [0.3, 0.4) is 0 Å². The summed E-state index contributed by atoms with van der Waals surface area (Å²) in [5.74, 6) is -0.705. The van der Waals surface area contributed by atoms with Crippen LogP contribution in [-0.2, 0) is 11.2 Å². The zero-order valence-corrected chi connectivity index (χ0v) is 11.4. The molecule has 0 aliphatic heterocycles. The van der Waals surface area contributed by atoms with Crippen LogP contribution in [0, 0.1) is 11.3 Å². The van der Waals surface area contributed by atoms with E-state index in [0.717, 1.165) is 5.56 Å². The number of rotatable bonds is 3. The fraction of sp³-hybridized carbons (Fsp3) is 0.0625. The lowest BCUT2D eigenvalue weighted by atomic mass is 10.1. The number of fused-ring (bicyclic) bond motifs is 1. The molecule has 2 N–H and O–H groups in total. The zero-order valence-electron chi connectivity index (χ0n) is 11.4. The Balaban J connectivity index is 1.71. The van der Waals surface area contributed by atoms with E-state index in [1.165, 1.54) is 0 Å². The molecule has 6 heteroatoms. The number of hydrogen-bond acceptors (Lipinski definition) is 4. The number of aromatic amines is 1. The van der Waals surface area contributed by atoms with Crippen LogP contribution in [0.5, 0.6) is 0 Å². The molecular formula is C16H11N3O3. The topological polar surface area (TPSA) is 98.9 Å². The fourth-order valence-corrected chi connectivity index (χ4v) is 2.13. The predicted molar refractivity (Wildman–Crippen MR) is 80.3 cm³/mol. The number of amides is 1. The summed E-state index contributed by atoms with van der Waals surface area (Å²) in [7, 11) is 0. The first-order valence-corrected chi connectivity index (χ1v) is 6.56. The number of H-pyrrole nitrogens is 1. The van der Waals surface area contributed by atoms with Crippen LogP contribution in [0.1, 0.15) is 11.1 Å². The molecular weight excluding hydrogens is 282 g/mol. The van der Waals surface area contributed by atoms with Gasteiger partial charge in [0.2, 0.25) is 5.91 Å². The third-order valence-corrected chi connectivity index (χ3v) is 3.15. The van der Waals surface area contributed by atoms with Gasteiger partial charge in [-0.05, 0) is 42.0 Å². The number of nitrogens with one attached hydrogen (secondary N) is 2. The van der Waals surface area contributed by atoms with E-state index in [1.54, 1.807) is 42.5 Å². The highest BCUT2D eigenvalue weighted by Gasteiger charge is 2.07. The number of aromatic nitrogens is 1. The van der Waals surface area contributed by atoms with E-state index in [4.69, 9.17) is 9.68 Å². The van der Waals surface area contributed by atoms with Crippen LogP contribution < -0.4 is 11.1 Å². The van der Waals surface area contributed by atoms with Gasteiger partial charge in [-0.15, -0.1) is 0 Å². The number of benzene rings is 2. The normalized spacial score (nSPS) is 10.3. The van der Waals surface area contributed by atoms with Crippen LogP contribution >= 0.6 is 0 Å². The lowest BCUT2D eigenvalue weighted by Crippen LogP contribution is -2.14. The molecule has 1 heterocycles. The molecule has 0 unspecified atom stereocenters. The van der Waals surface area contributed by atoms with Crippen molar-refractivity contribution < 1.29 is 9.21 Å². The molecule has 0 aliphatic carbocycles. The van der Waals surface area contributed by atoms with Crippen molar-refractivity contribution in [1.29, 1.82) is 5.26 Å². The van der Waals surface area contributed by atoms with Gasteiger partial charge in [0.1, 0.15) is 0 Å². The molecule has 0 saturated heterocycles. The van der Waals surface area contributed by atoms with E-state index in [1.807, 2.05) is 6.07 Å². The second-order valence-corrected chi connectivity index (χ2v) is 4.76. The van der Waals surface area contributed by atoms with E-state index in [9.17, 15) is 9.59 Å². The van der Waals surface area contributed by atoms with Crippen molar-refractivity contribution in [1.82, 2.24) is 4.98 Å². The summed E-state index contributed by atoms with van der Waals surface area (Å²) in [4.78, 5) is 25.6. The second-order valence-electron chi connectivity index (χ2n) is 4.76. The maximum atomic E-state index is 12.0. The van der Waals surface area contributed by atoms with Gasteiger partial charge in [-0.25, -0.2) is 4.79 Å². The Hall–Kier alpha value is -3.33. The largest absolute Gasteiger partial charge is 0.417 e. The number of carbonyl (C=O) groups excluding carboxylic acids is 1. The highest BCUT2D eigenvalue weighted by Crippen LogP contribution is 2.14. The Morgan fingerprint density at radius 3 is 2.73 bits per heavy atom. The first-order valence-electron chi connectivity index (χ1n) is 6.56. The molecule has 0 aliphatic rings. The summed E-state index contributed by atoms with van der Waals surface area (Å²) in [5, 5.41) is 11.5. The van der Waals surface area contributed by atoms with Crippen LogP contribution in [-0.4, -0.2) is 10.9 Å². The van der Waals surface area contributed by atoms with Crippen LogP contribution in [0.15, 0.2) is 51.7 Å². The minimum absolute atomic E-state index is 0.170. The molecule has 1 aromatic heterocycles. The molecule has 1 amide bonds. The number of hydrogen-bond donors (Lipinski definition) is 2. The predicted octanol–water partition coefficient (Wildman–Crippen LogP) is 2.17. The van der Waals surface area contributed by atoms with Crippen LogP contribution in [0.4, 0.5) is 5.69 Å². The molecule has 0 saturated carbocycles. The summed E-state index contributed by atoms with van der Waals surface area (Å²) in [6.45, 7) is 0. The number of oxazole rings is 1. The van der Waals surface area contributed by atoms with Crippen LogP contribution in [0.25, 0.3) is 11.1 Å². The average Bonchev–Trinajstić information content (AvgIpc) is 2.87. The molecule has 108 valence electrons. The molecule has 0 bridgehead atoms. The van der Waals surface area contributed by atoms with Crippen molar-refractivity contribution in [2.45, 2.75) is 6.42 Å². The SMILES string of the molecule is N#Cc1ccc(NC(=O)Cc2ccc3oc(=O)[nH]c3c2)cc1. The number of anilines is 1. The molecule has 0 radical (unpaired) electrons. The molecule has 3 aromatic rings. The van der Waals surface area contributed by atoms with E-state index in [2.05, 4.69) is 10.3 Å². The molecule has 0 fully saturated rings. The van der Waals surface area contributed by atoms with Crippen molar-refractivity contribution in [2.24, 2.45) is 0 Å². The minimum atomic E-state index is -0.519. The van der Waals surface area contributed by atoms with Gasteiger partial charge in [-0.2, -0.15) is 5.26 Å². The molecule has 22 heavy (non-hydrogen) atoms. The Morgan fingerprint density at radius 1 is 1.23 bits per heavy atom. The van der Waals surface area contributed by atoms with E-state index in [-0.39, 0.29) is 12.3 Å². The van der Waals surface area contributed by atoms with E-state index < -0.39 is 5.76 Å². The van der Waals surface area contributed by atoms with Crippen molar-refractivity contribution in [2.75, 3.05) is 5.32 Å². The van der Waals surface area contributed by atoms with Gasteiger partial charge in [0, 0.05) is 5.69 Å². The van der Waals surface area contributed by atoms with Crippen molar-refractivity contribution >= 4 is 22.7 Å². The molecule has 0 spiro atoms. The summed E-state index contributed by atoms with van der Waals surface area (Å²) in [6.07, 6.45) is 0.170. The van der Waals surface area contributed by atoms with Gasteiger partial charge in [0.25, 0.3) is 0 Å². The second kappa shape index (κ2) is 5.58. The summed E-state index contributed by atoms with van der Waals surface area (Å²) in [6, 6.07) is 13.7. The van der Waals surface area contributed by atoms with Gasteiger partial charge in [0.05, 0.1) is 23.6 Å². The van der Waals surface area contributed by atoms with Crippen molar-refractivity contribution in [3.63, 3.8) is 0 Å². The molecule has 3 rings (SSSR count). The highest BCUT2D eigenvalue weighted by molar-refractivity contribution is 5.92. The number of nitriles is 1. The van der Waals surface area contributed by atoms with E-state index in [0.29, 0.717) is 22.4 Å². The van der Waals surface area contributed by atoms with Crippen LogP contribution in [0.2, 0.25) is 0 Å². The molecule has 2 aromatic carbocycles. The molecule has 0 atom stereocenters. The smallest absolute Gasteiger partial charge is 0.408 e. The van der Waals surface area contributed by atoms with Gasteiger partial charge < -0.3 is 9.73 Å². The highest BCUT2D eigenvalue weighted by atomic mass is 16.4. The molecule has 6 nitrogen and oxygen atoms in total. The number of carbonyl (C=O) groups is 1. The summed E-state index contributed by atoms with van der Waals surface area (Å²) < 4.78 is 4.91. The maximum absolute atomic E-state index is 12.0. The third-order valence-electron chi connectivity index (χ3n) is 3.15. The Morgan fingerprint density at radius 2 is 2.00 bits per heavy atom. The first kappa shape index (κ1) is 13.6. The summed E-state index contributed by atoms with van der Waals surface area (Å²) >= 11 is 0. The monoisotopic (exact) mass is 293 g/mol. The summed E-state index contributed by atoms with van der Waals surface area (Å²) in [5.41, 5.74) is 2.94. The van der Waals surface area contributed by atoms with Gasteiger partial charge in [-0.3, -0.25) is 9.78 Å². The first-order chi connectivity index (χ1) is 10.6. The Kier molecular flexibility index (Phi) is 3.46. The van der Waals surface area contributed by atoms with Crippen molar-refractivity contribution in [3.8, 4) is 6.07 Å². The fourth-order valence-electron chi connectivity index (χ4n) is 2.13. The maximum Gasteiger partial charge on any atom is 0.417 e. The number of nitrogens with zero attached hydrogens (tertiary/aromatic N) is 1. The average molecular weight is 293 g/mol. The minimum Gasteiger partial charge on any atom is -0.408 e. The Bertz CT molecular complexity index is 930. The van der Waals surface area contributed by atoms with Gasteiger partial charge in [0.15, 0.2) is 5.58 Å². The quantitative estimate of drug-likeness (QED) is 0.773. The van der Waals surface area contributed by atoms with Gasteiger partial charge >= 0.3 is 5.76 Å². The standard InChI is InChI=1S/C16H11N3O3/c17-9-10-1-4-12(5-2-10)18-15(20)8-11-3-6-14-13(7-11)19-16(21)22-14/h1-7H,8H2,(H,18,20)(H,19,21). The van der Waals surface area contributed by atoms with Gasteiger partial charge in [-0.1, -0.05) is 6.07 Å².